The summed E-state index contributed by atoms with van der Waals surface area (Å²) in [5.74, 6) is 0.808. The van der Waals surface area contributed by atoms with Crippen LogP contribution in [0.1, 0.15) is 11.1 Å². The molecule has 3 aromatic rings. The van der Waals surface area contributed by atoms with Crippen molar-refractivity contribution in [2.45, 2.75) is 11.8 Å². The van der Waals surface area contributed by atoms with E-state index in [1.165, 1.54) is 45.7 Å². The number of nitrogens with one attached hydrogen (secondary N) is 1. The van der Waals surface area contributed by atoms with E-state index in [0.717, 1.165) is 9.87 Å². The molecule has 0 unspecified atom stereocenters. The number of benzene rings is 3. The summed E-state index contributed by atoms with van der Waals surface area (Å²) >= 11 is 3.32. The molecule has 0 atom stereocenters. The van der Waals surface area contributed by atoms with Crippen molar-refractivity contribution in [1.82, 2.24) is 5.43 Å². The second-order valence-corrected chi connectivity index (χ2v) is 10.2. The summed E-state index contributed by atoms with van der Waals surface area (Å²) in [6.07, 6.45) is 1.39. The van der Waals surface area contributed by atoms with Crippen LogP contribution in [0.15, 0.2) is 75.1 Å². The summed E-state index contributed by atoms with van der Waals surface area (Å²) in [5, 5.41) is 3.97. The van der Waals surface area contributed by atoms with Crippen LogP contribution in [0, 0.1) is 6.92 Å². The number of aryl methyl sites for hydroxylation is 1. The third kappa shape index (κ3) is 6.16. The fourth-order valence-electron chi connectivity index (χ4n) is 3.31. The molecule has 0 aliphatic rings. The van der Waals surface area contributed by atoms with Gasteiger partial charge < -0.3 is 14.2 Å². The fourth-order valence-corrected chi connectivity index (χ4v) is 5.45. The molecule has 3 aromatic carbocycles. The number of methoxy groups -OCH3 is 3. The first-order valence-electron chi connectivity index (χ1n) is 10.7. The lowest BCUT2D eigenvalue weighted by molar-refractivity contribution is -0.119. The molecule has 0 aromatic heterocycles. The number of amides is 1. The van der Waals surface area contributed by atoms with E-state index in [9.17, 15) is 13.2 Å². The largest absolute Gasteiger partial charge is 0.496 e. The van der Waals surface area contributed by atoms with Gasteiger partial charge in [0.15, 0.2) is 11.5 Å². The van der Waals surface area contributed by atoms with E-state index < -0.39 is 22.5 Å². The maximum absolute atomic E-state index is 13.6. The lowest BCUT2D eigenvalue weighted by atomic mass is 10.2. The number of ether oxygens (including phenoxy) is 3. The molecule has 0 bridgehead atoms. The second-order valence-electron chi connectivity index (χ2n) is 7.52. The van der Waals surface area contributed by atoms with Gasteiger partial charge in [-0.25, -0.2) is 13.8 Å². The van der Waals surface area contributed by atoms with Crippen LogP contribution in [0.25, 0.3) is 0 Å². The average Bonchev–Trinajstić information content (AvgIpc) is 2.87. The van der Waals surface area contributed by atoms with E-state index in [0.29, 0.717) is 33.0 Å². The van der Waals surface area contributed by atoms with Gasteiger partial charge >= 0.3 is 0 Å². The lowest BCUT2D eigenvalue weighted by Gasteiger charge is -2.24. The van der Waals surface area contributed by atoms with Gasteiger partial charge in [-0.15, -0.1) is 0 Å². The topological polar surface area (TPSA) is 107 Å². The quantitative estimate of drug-likeness (QED) is 0.288. The highest BCUT2D eigenvalue weighted by Crippen LogP contribution is 2.31. The van der Waals surface area contributed by atoms with E-state index >= 15 is 0 Å². The number of hydrogen-bond donors (Lipinski definition) is 1. The van der Waals surface area contributed by atoms with Gasteiger partial charge in [-0.05, 0) is 65.3 Å². The second kappa shape index (κ2) is 11.9. The van der Waals surface area contributed by atoms with Gasteiger partial charge in [0.2, 0.25) is 0 Å². The molecule has 0 spiro atoms. The predicted molar refractivity (Wildman–Crippen MR) is 142 cm³/mol. The van der Waals surface area contributed by atoms with E-state index in [4.69, 9.17) is 14.2 Å². The highest BCUT2D eigenvalue weighted by atomic mass is 79.9. The Labute approximate surface area is 218 Å². The van der Waals surface area contributed by atoms with Crippen LogP contribution in [-0.2, 0) is 14.8 Å². The zero-order valence-electron chi connectivity index (χ0n) is 20.2. The van der Waals surface area contributed by atoms with E-state index in [1.54, 1.807) is 42.5 Å². The van der Waals surface area contributed by atoms with Crippen LogP contribution in [0.3, 0.4) is 0 Å². The number of para-hydroxylation sites is 1. The van der Waals surface area contributed by atoms with Gasteiger partial charge in [0.1, 0.15) is 12.3 Å². The zero-order chi connectivity index (χ0) is 26.3. The molecule has 0 radical (unpaired) electrons. The van der Waals surface area contributed by atoms with Crippen molar-refractivity contribution >= 4 is 43.8 Å². The average molecular weight is 576 g/mol. The number of halogens is 1. The molecule has 0 heterocycles. The lowest BCUT2D eigenvalue weighted by Crippen LogP contribution is -2.39. The van der Waals surface area contributed by atoms with E-state index in [2.05, 4.69) is 26.5 Å². The van der Waals surface area contributed by atoms with E-state index in [-0.39, 0.29) is 4.90 Å². The van der Waals surface area contributed by atoms with Crippen LogP contribution in [0.2, 0.25) is 0 Å². The molecule has 1 amide bonds. The number of hydrogen-bond acceptors (Lipinski definition) is 7. The zero-order valence-corrected chi connectivity index (χ0v) is 22.6. The van der Waals surface area contributed by atoms with Crippen molar-refractivity contribution in [3.05, 3.63) is 76.3 Å². The summed E-state index contributed by atoms with van der Waals surface area (Å²) in [7, 11) is 0.389. The first-order valence-corrected chi connectivity index (χ1v) is 12.9. The maximum atomic E-state index is 13.6. The molecule has 0 aliphatic heterocycles. The molecule has 0 fully saturated rings. The van der Waals surface area contributed by atoms with Crippen LogP contribution < -0.4 is 23.9 Å². The molecule has 1 N–H and O–H groups in total. The highest BCUT2D eigenvalue weighted by Gasteiger charge is 2.28. The summed E-state index contributed by atoms with van der Waals surface area (Å²) in [6.45, 7) is 1.39. The molecular weight excluding hydrogens is 550 g/mol. The smallest absolute Gasteiger partial charge is 0.264 e. The van der Waals surface area contributed by atoms with Crippen molar-refractivity contribution < 1.29 is 27.4 Å². The Hall–Kier alpha value is -3.57. The number of carbonyl (C=O) groups excluding carboxylic acids is 1. The Morgan fingerprint density at radius 3 is 2.31 bits per heavy atom. The number of anilines is 1. The Morgan fingerprint density at radius 1 is 1.00 bits per heavy atom. The monoisotopic (exact) mass is 575 g/mol. The van der Waals surface area contributed by atoms with Gasteiger partial charge in [-0.1, -0.05) is 23.8 Å². The molecule has 9 nitrogen and oxygen atoms in total. The minimum atomic E-state index is -4.11. The molecule has 11 heteroatoms. The minimum absolute atomic E-state index is 0.00633. The Morgan fingerprint density at radius 2 is 1.69 bits per heavy atom. The van der Waals surface area contributed by atoms with Crippen LogP contribution in [0.4, 0.5) is 5.69 Å². The first kappa shape index (κ1) is 27.0. The first-order chi connectivity index (χ1) is 17.2. The van der Waals surface area contributed by atoms with Crippen molar-refractivity contribution in [3.8, 4) is 17.2 Å². The molecule has 0 saturated heterocycles. The van der Waals surface area contributed by atoms with Crippen LogP contribution in [0.5, 0.6) is 17.2 Å². The van der Waals surface area contributed by atoms with Crippen molar-refractivity contribution in [2.24, 2.45) is 5.10 Å². The third-order valence-electron chi connectivity index (χ3n) is 5.15. The Bertz CT molecular complexity index is 1360. The van der Waals surface area contributed by atoms with Crippen molar-refractivity contribution in [1.29, 1.82) is 0 Å². The SMILES string of the molecule is COc1ccc(S(=O)(=O)N(CC(=O)N/N=C/c2cccc(OC)c2OC)c2ccc(C)cc2)cc1Br. The molecule has 3 rings (SSSR count). The number of sulfonamides is 1. The number of carbonyl (C=O) groups is 1. The van der Waals surface area contributed by atoms with Crippen LogP contribution >= 0.6 is 15.9 Å². The van der Waals surface area contributed by atoms with Crippen molar-refractivity contribution in [2.75, 3.05) is 32.2 Å². The van der Waals surface area contributed by atoms with Gasteiger partial charge in [0, 0.05) is 5.56 Å². The van der Waals surface area contributed by atoms with Crippen LogP contribution in [-0.4, -0.2) is 48.4 Å². The predicted octanol–water partition coefficient (Wildman–Crippen LogP) is 4.13. The Balaban J connectivity index is 1.88. The molecular formula is C25H26BrN3O6S. The molecule has 36 heavy (non-hydrogen) atoms. The fraction of sp³-hybridized carbons (Fsp3) is 0.200. The molecule has 0 saturated carbocycles. The summed E-state index contributed by atoms with van der Waals surface area (Å²) < 4.78 is 44.4. The van der Waals surface area contributed by atoms with Gasteiger partial charge in [0.25, 0.3) is 15.9 Å². The number of nitrogens with zero attached hydrogens (tertiary/aromatic N) is 2. The number of hydrazone groups is 1. The highest BCUT2D eigenvalue weighted by molar-refractivity contribution is 9.10. The standard InChI is InChI=1S/C25H26BrN3O6S/c1-17-8-10-19(11-9-17)29(36(31,32)20-12-13-22(33-2)21(26)14-20)16-24(30)28-27-15-18-6-5-7-23(34-3)25(18)35-4/h5-15H,16H2,1-4H3,(H,28,30)/b27-15+. The maximum Gasteiger partial charge on any atom is 0.264 e. The van der Waals surface area contributed by atoms with E-state index in [1.807, 2.05) is 6.92 Å². The van der Waals surface area contributed by atoms with Gasteiger partial charge in [-0.2, -0.15) is 5.10 Å². The minimum Gasteiger partial charge on any atom is -0.496 e. The summed E-state index contributed by atoms with van der Waals surface area (Å²) in [4.78, 5) is 12.8. The number of rotatable bonds is 10. The molecule has 0 aliphatic carbocycles. The summed E-state index contributed by atoms with van der Waals surface area (Å²) in [6, 6.07) is 16.4. The molecule has 190 valence electrons. The van der Waals surface area contributed by atoms with Gasteiger partial charge in [-0.3, -0.25) is 9.10 Å². The third-order valence-corrected chi connectivity index (χ3v) is 7.54. The van der Waals surface area contributed by atoms with Crippen molar-refractivity contribution in [3.63, 3.8) is 0 Å². The summed E-state index contributed by atoms with van der Waals surface area (Å²) in [5.41, 5.74) is 4.24. The normalized spacial score (nSPS) is 11.2. The van der Waals surface area contributed by atoms with Gasteiger partial charge in [0.05, 0.1) is 42.6 Å². The Kier molecular flexibility index (Phi) is 8.94.